The molecule has 2 aromatic heterocycles. The van der Waals surface area contributed by atoms with Gasteiger partial charge in [-0.15, -0.1) is 10.2 Å². The second kappa shape index (κ2) is 5.18. The first kappa shape index (κ1) is 13.0. The molecule has 0 spiro atoms. The zero-order valence-corrected chi connectivity index (χ0v) is 11.8. The Morgan fingerprint density at radius 3 is 2.95 bits per heavy atom. The molecule has 20 heavy (non-hydrogen) atoms. The van der Waals surface area contributed by atoms with Crippen LogP contribution < -0.4 is 11.3 Å². The number of hydrogen-bond donors (Lipinski definition) is 2. The minimum absolute atomic E-state index is 0.301. The van der Waals surface area contributed by atoms with Crippen molar-refractivity contribution in [2.75, 3.05) is 5.73 Å². The van der Waals surface area contributed by atoms with Gasteiger partial charge in [-0.25, -0.2) is 4.40 Å². The van der Waals surface area contributed by atoms with Crippen LogP contribution in [0.5, 0.6) is 0 Å². The van der Waals surface area contributed by atoms with Gasteiger partial charge in [-0.05, 0) is 11.6 Å². The van der Waals surface area contributed by atoms with Gasteiger partial charge in [0.05, 0.1) is 0 Å². The molecule has 8 heteroatoms. The SMILES string of the molecule is Nc1cc(=O)[nH]c2nnc(SCc3ccccc3Cl)n12. The van der Waals surface area contributed by atoms with Crippen LogP contribution in [0, 0.1) is 0 Å². The van der Waals surface area contributed by atoms with E-state index < -0.39 is 0 Å². The molecule has 2 heterocycles. The Kier molecular flexibility index (Phi) is 3.37. The van der Waals surface area contributed by atoms with Crippen molar-refractivity contribution in [1.82, 2.24) is 19.6 Å². The predicted molar refractivity (Wildman–Crippen MR) is 79.0 cm³/mol. The van der Waals surface area contributed by atoms with Crippen molar-refractivity contribution in [2.24, 2.45) is 0 Å². The molecular formula is C12H10ClN5OS. The number of anilines is 1. The second-order valence-electron chi connectivity index (χ2n) is 4.08. The molecule has 0 aliphatic rings. The molecule has 0 amide bonds. The topological polar surface area (TPSA) is 89.1 Å². The molecule has 0 bridgehead atoms. The van der Waals surface area contributed by atoms with E-state index in [9.17, 15) is 4.79 Å². The third-order valence-electron chi connectivity index (χ3n) is 2.72. The minimum atomic E-state index is -0.301. The van der Waals surface area contributed by atoms with Crippen LogP contribution in [0.4, 0.5) is 5.82 Å². The summed E-state index contributed by atoms with van der Waals surface area (Å²) in [7, 11) is 0. The number of thioether (sulfide) groups is 1. The van der Waals surface area contributed by atoms with Gasteiger partial charge >= 0.3 is 0 Å². The maximum atomic E-state index is 11.3. The van der Waals surface area contributed by atoms with Crippen LogP contribution in [-0.2, 0) is 5.75 Å². The van der Waals surface area contributed by atoms with Gasteiger partial charge < -0.3 is 5.73 Å². The molecule has 3 aromatic rings. The molecule has 102 valence electrons. The Bertz CT molecular complexity index is 828. The first-order chi connectivity index (χ1) is 9.65. The fourth-order valence-electron chi connectivity index (χ4n) is 1.78. The lowest BCUT2D eigenvalue weighted by atomic mass is 10.2. The van der Waals surface area contributed by atoms with Crippen LogP contribution in [0.15, 0.2) is 40.3 Å². The molecular weight excluding hydrogens is 298 g/mol. The second-order valence-corrected chi connectivity index (χ2v) is 5.43. The van der Waals surface area contributed by atoms with Crippen molar-refractivity contribution in [3.8, 4) is 0 Å². The van der Waals surface area contributed by atoms with Gasteiger partial charge in [-0.3, -0.25) is 9.78 Å². The zero-order valence-electron chi connectivity index (χ0n) is 10.2. The van der Waals surface area contributed by atoms with E-state index >= 15 is 0 Å². The van der Waals surface area contributed by atoms with Gasteiger partial charge in [0, 0.05) is 16.8 Å². The normalized spacial score (nSPS) is 11.1. The first-order valence-electron chi connectivity index (χ1n) is 5.75. The number of benzene rings is 1. The Labute approximate surface area is 123 Å². The van der Waals surface area contributed by atoms with Crippen LogP contribution >= 0.6 is 23.4 Å². The molecule has 3 N–H and O–H groups in total. The van der Waals surface area contributed by atoms with Crippen molar-refractivity contribution >= 4 is 35.0 Å². The summed E-state index contributed by atoms with van der Waals surface area (Å²) in [5, 5.41) is 9.23. The largest absolute Gasteiger partial charge is 0.385 e. The molecule has 0 radical (unpaired) electrons. The number of nitrogens with one attached hydrogen (secondary N) is 1. The van der Waals surface area contributed by atoms with E-state index in [1.54, 1.807) is 4.40 Å². The van der Waals surface area contributed by atoms with Crippen LogP contribution in [0.25, 0.3) is 5.78 Å². The number of nitrogens with zero attached hydrogens (tertiary/aromatic N) is 3. The molecule has 0 aliphatic carbocycles. The van der Waals surface area contributed by atoms with E-state index in [2.05, 4.69) is 15.2 Å². The molecule has 0 saturated heterocycles. The highest BCUT2D eigenvalue weighted by Crippen LogP contribution is 2.26. The van der Waals surface area contributed by atoms with E-state index in [4.69, 9.17) is 17.3 Å². The number of H-pyrrole nitrogens is 1. The number of aromatic nitrogens is 4. The van der Waals surface area contributed by atoms with Gasteiger partial charge in [-0.2, -0.15) is 0 Å². The lowest BCUT2D eigenvalue weighted by Gasteiger charge is -2.04. The highest BCUT2D eigenvalue weighted by molar-refractivity contribution is 7.98. The molecule has 0 saturated carbocycles. The van der Waals surface area contributed by atoms with E-state index in [1.165, 1.54) is 17.8 Å². The third-order valence-corrected chi connectivity index (χ3v) is 4.07. The number of fused-ring (bicyclic) bond motifs is 1. The number of rotatable bonds is 3. The Morgan fingerprint density at radius 1 is 1.35 bits per heavy atom. The average molecular weight is 308 g/mol. The summed E-state index contributed by atoms with van der Waals surface area (Å²) >= 11 is 7.55. The van der Waals surface area contributed by atoms with Gasteiger partial charge in [-0.1, -0.05) is 41.6 Å². The molecule has 0 atom stereocenters. The molecule has 3 rings (SSSR count). The quantitative estimate of drug-likeness (QED) is 0.722. The van der Waals surface area contributed by atoms with Gasteiger partial charge in [0.1, 0.15) is 5.82 Å². The third kappa shape index (κ3) is 2.37. The zero-order chi connectivity index (χ0) is 14.1. The summed E-state index contributed by atoms with van der Waals surface area (Å²) in [4.78, 5) is 13.9. The summed E-state index contributed by atoms with van der Waals surface area (Å²) in [5.74, 6) is 1.27. The molecule has 0 aliphatic heterocycles. The smallest absolute Gasteiger partial charge is 0.254 e. The number of hydrogen-bond acceptors (Lipinski definition) is 5. The minimum Gasteiger partial charge on any atom is -0.385 e. The maximum Gasteiger partial charge on any atom is 0.254 e. The highest BCUT2D eigenvalue weighted by atomic mass is 35.5. The number of aromatic amines is 1. The van der Waals surface area contributed by atoms with Crippen molar-refractivity contribution in [2.45, 2.75) is 10.9 Å². The average Bonchev–Trinajstić information content (AvgIpc) is 2.81. The van der Waals surface area contributed by atoms with Crippen LogP contribution in [0.1, 0.15) is 5.56 Å². The molecule has 1 aromatic carbocycles. The summed E-state index contributed by atoms with van der Waals surface area (Å²) in [6, 6.07) is 8.89. The predicted octanol–water partition coefficient (Wildman–Crippen LogP) is 1.95. The Morgan fingerprint density at radius 2 is 2.15 bits per heavy atom. The van der Waals surface area contributed by atoms with Gasteiger partial charge in [0.15, 0.2) is 5.16 Å². The highest BCUT2D eigenvalue weighted by Gasteiger charge is 2.11. The van der Waals surface area contributed by atoms with E-state index in [0.717, 1.165) is 5.56 Å². The first-order valence-corrected chi connectivity index (χ1v) is 7.11. The van der Waals surface area contributed by atoms with Crippen molar-refractivity contribution in [3.63, 3.8) is 0 Å². The molecule has 0 unspecified atom stereocenters. The Hall–Kier alpha value is -1.99. The van der Waals surface area contributed by atoms with Crippen LogP contribution in [0.3, 0.4) is 0 Å². The number of halogens is 1. The summed E-state index contributed by atoms with van der Waals surface area (Å²) in [5.41, 5.74) is 6.52. The van der Waals surface area contributed by atoms with Crippen LogP contribution in [0.2, 0.25) is 5.02 Å². The van der Waals surface area contributed by atoms with Crippen molar-refractivity contribution in [1.29, 1.82) is 0 Å². The summed E-state index contributed by atoms with van der Waals surface area (Å²) < 4.78 is 1.60. The van der Waals surface area contributed by atoms with E-state index in [-0.39, 0.29) is 5.56 Å². The molecule has 6 nitrogen and oxygen atoms in total. The van der Waals surface area contributed by atoms with Crippen molar-refractivity contribution < 1.29 is 0 Å². The van der Waals surface area contributed by atoms with Gasteiger partial charge in [0.25, 0.3) is 5.56 Å². The lowest BCUT2D eigenvalue weighted by Crippen LogP contribution is -2.11. The fraction of sp³-hybridized carbons (Fsp3) is 0.0833. The monoisotopic (exact) mass is 307 g/mol. The molecule has 0 fully saturated rings. The Balaban J connectivity index is 1.92. The van der Waals surface area contributed by atoms with Crippen LogP contribution in [-0.4, -0.2) is 19.6 Å². The maximum absolute atomic E-state index is 11.3. The number of nitrogen functional groups attached to an aromatic ring is 1. The summed E-state index contributed by atoms with van der Waals surface area (Å²) in [6.07, 6.45) is 0. The summed E-state index contributed by atoms with van der Waals surface area (Å²) in [6.45, 7) is 0. The number of nitrogens with two attached hydrogens (primary N) is 1. The fourth-order valence-corrected chi connectivity index (χ4v) is 3.02. The van der Waals surface area contributed by atoms with E-state index in [1.807, 2.05) is 24.3 Å². The van der Waals surface area contributed by atoms with E-state index in [0.29, 0.717) is 27.5 Å². The van der Waals surface area contributed by atoms with Crippen molar-refractivity contribution in [3.05, 3.63) is 51.3 Å². The van der Waals surface area contributed by atoms with Gasteiger partial charge in [0.2, 0.25) is 5.78 Å². The lowest BCUT2D eigenvalue weighted by molar-refractivity contribution is 0.923. The standard InChI is InChI=1S/C12H10ClN5OS/c13-8-4-2-1-3-7(8)6-20-12-17-16-11-15-10(19)5-9(14)18(11)12/h1-5H,6,14H2,(H,15,16,19).